The zero-order valence-corrected chi connectivity index (χ0v) is 15.6. The number of carbonyl (C=O) groups excluding carboxylic acids is 4. The Hall–Kier alpha value is -1.72. The Morgan fingerprint density at radius 2 is 1.35 bits per heavy atom. The highest BCUT2D eigenvalue weighted by atomic mass is 16.2. The Bertz CT molecular complexity index is 477. The standard InChI is InChI=1S/C17H30N2O4/c1-11(2)12(3)19(13(4)20)15(22)10-9-14(21)18(8)16(23)17(5,6)7/h11-12H,9-10H2,1-8H3. The van der Waals surface area contributed by atoms with Crippen LogP contribution in [0.5, 0.6) is 0 Å². The molecule has 0 N–H and O–H groups in total. The van der Waals surface area contributed by atoms with E-state index >= 15 is 0 Å². The maximum Gasteiger partial charge on any atom is 0.234 e. The lowest BCUT2D eigenvalue weighted by molar-refractivity contribution is -0.152. The molecule has 0 aliphatic carbocycles. The van der Waals surface area contributed by atoms with Crippen molar-refractivity contribution in [2.24, 2.45) is 11.3 Å². The summed E-state index contributed by atoms with van der Waals surface area (Å²) in [6.07, 6.45) is -0.178. The van der Waals surface area contributed by atoms with E-state index in [2.05, 4.69) is 0 Å². The number of amides is 4. The first-order valence-electron chi connectivity index (χ1n) is 7.94. The monoisotopic (exact) mass is 326 g/mol. The fraction of sp³-hybridized carbons (Fsp3) is 0.765. The molecule has 0 saturated heterocycles. The van der Waals surface area contributed by atoms with E-state index in [1.165, 1.54) is 18.9 Å². The highest BCUT2D eigenvalue weighted by Crippen LogP contribution is 2.18. The fourth-order valence-corrected chi connectivity index (χ4v) is 2.11. The average molecular weight is 326 g/mol. The van der Waals surface area contributed by atoms with Crippen LogP contribution in [0.25, 0.3) is 0 Å². The molecule has 23 heavy (non-hydrogen) atoms. The van der Waals surface area contributed by atoms with E-state index in [-0.39, 0.29) is 42.5 Å². The summed E-state index contributed by atoms with van der Waals surface area (Å²) < 4.78 is 0. The molecule has 0 aromatic heterocycles. The third-order valence-electron chi connectivity index (χ3n) is 3.85. The third kappa shape index (κ3) is 6.12. The van der Waals surface area contributed by atoms with Crippen LogP contribution in [0.3, 0.4) is 0 Å². The van der Waals surface area contributed by atoms with E-state index < -0.39 is 11.3 Å². The van der Waals surface area contributed by atoms with E-state index in [0.717, 1.165) is 4.90 Å². The van der Waals surface area contributed by atoms with Gasteiger partial charge in [-0.2, -0.15) is 0 Å². The Labute approximate surface area is 139 Å². The lowest BCUT2D eigenvalue weighted by Crippen LogP contribution is -2.45. The van der Waals surface area contributed by atoms with Crippen LogP contribution in [0.2, 0.25) is 0 Å². The number of hydrogen-bond donors (Lipinski definition) is 0. The number of hydrogen-bond acceptors (Lipinski definition) is 4. The van der Waals surface area contributed by atoms with Crippen molar-refractivity contribution in [3.05, 3.63) is 0 Å². The van der Waals surface area contributed by atoms with Gasteiger partial charge < -0.3 is 0 Å². The van der Waals surface area contributed by atoms with Gasteiger partial charge in [0.2, 0.25) is 23.6 Å². The molecule has 0 bridgehead atoms. The Balaban J connectivity index is 4.83. The molecule has 0 aromatic rings. The van der Waals surface area contributed by atoms with Gasteiger partial charge in [0.1, 0.15) is 0 Å². The molecule has 0 aliphatic heterocycles. The summed E-state index contributed by atoms with van der Waals surface area (Å²) in [4.78, 5) is 50.4. The summed E-state index contributed by atoms with van der Waals surface area (Å²) in [6.45, 7) is 12.2. The second-order valence-electron chi connectivity index (χ2n) is 7.28. The number of carbonyl (C=O) groups is 4. The second kappa shape index (κ2) is 8.22. The van der Waals surface area contributed by atoms with Crippen molar-refractivity contribution >= 4 is 23.6 Å². The van der Waals surface area contributed by atoms with Gasteiger partial charge in [-0.05, 0) is 12.8 Å². The summed E-state index contributed by atoms with van der Waals surface area (Å²) in [5.74, 6) is -1.30. The highest BCUT2D eigenvalue weighted by Gasteiger charge is 2.30. The number of nitrogens with zero attached hydrogens (tertiary/aromatic N) is 2. The lowest BCUT2D eigenvalue weighted by Gasteiger charge is -2.29. The van der Waals surface area contributed by atoms with E-state index in [0.29, 0.717) is 0 Å². The van der Waals surface area contributed by atoms with Gasteiger partial charge >= 0.3 is 0 Å². The number of imide groups is 2. The molecule has 0 fully saturated rings. The minimum Gasteiger partial charge on any atom is -0.285 e. The van der Waals surface area contributed by atoms with Crippen LogP contribution in [0.4, 0.5) is 0 Å². The summed E-state index contributed by atoms with van der Waals surface area (Å²) >= 11 is 0. The van der Waals surface area contributed by atoms with E-state index in [1.54, 1.807) is 27.7 Å². The number of rotatable bonds is 5. The quantitative estimate of drug-likeness (QED) is 0.776. The van der Waals surface area contributed by atoms with E-state index in [4.69, 9.17) is 0 Å². The molecule has 6 nitrogen and oxygen atoms in total. The van der Waals surface area contributed by atoms with Crippen molar-refractivity contribution in [2.75, 3.05) is 7.05 Å². The van der Waals surface area contributed by atoms with Crippen LogP contribution in [-0.4, -0.2) is 46.5 Å². The van der Waals surface area contributed by atoms with Gasteiger partial charge in [0.25, 0.3) is 0 Å². The van der Waals surface area contributed by atoms with Crippen molar-refractivity contribution in [3.63, 3.8) is 0 Å². The van der Waals surface area contributed by atoms with E-state index in [1.807, 2.05) is 13.8 Å². The molecule has 0 rings (SSSR count). The molecule has 0 saturated carbocycles. The molecule has 4 amide bonds. The zero-order chi connectivity index (χ0) is 18.5. The van der Waals surface area contributed by atoms with Gasteiger partial charge in [-0.25, -0.2) is 0 Å². The summed E-state index contributed by atoms with van der Waals surface area (Å²) in [5.41, 5.74) is -0.661. The first-order chi connectivity index (χ1) is 10.3. The van der Waals surface area contributed by atoms with Gasteiger partial charge in [0, 0.05) is 38.3 Å². The predicted octanol–water partition coefficient (Wildman–Crippen LogP) is 2.22. The molecule has 6 heteroatoms. The Morgan fingerprint density at radius 3 is 1.70 bits per heavy atom. The first kappa shape index (κ1) is 21.3. The smallest absolute Gasteiger partial charge is 0.234 e. The van der Waals surface area contributed by atoms with Crippen molar-refractivity contribution in [2.45, 2.75) is 67.3 Å². The molecule has 0 spiro atoms. The SMILES string of the molecule is CC(=O)N(C(=O)CCC(=O)N(C)C(=O)C(C)(C)C)C(C)C(C)C. The van der Waals surface area contributed by atoms with Gasteiger partial charge in [-0.15, -0.1) is 0 Å². The fourth-order valence-electron chi connectivity index (χ4n) is 2.11. The van der Waals surface area contributed by atoms with Crippen molar-refractivity contribution < 1.29 is 19.2 Å². The predicted molar refractivity (Wildman–Crippen MR) is 88.3 cm³/mol. The van der Waals surface area contributed by atoms with Crippen molar-refractivity contribution in [3.8, 4) is 0 Å². The molecule has 0 aromatic carbocycles. The molecule has 0 radical (unpaired) electrons. The van der Waals surface area contributed by atoms with Crippen LogP contribution >= 0.6 is 0 Å². The maximum atomic E-state index is 12.3. The zero-order valence-electron chi connectivity index (χ0n) is 15.6. The molecular formula is C17H30N2O4. The molecule has 1 atom stereocenters. The molecule has 132 valence electrons. The minimum absolute atomic E-state index is 0.0861. The van der Waals surface area contributed by atoms with Gasteiger partial charge in [-0.1, -0.05) is 34.6 Å². The highest BCUT2D eigenvalue weighted by molar-refractivity contribution is 6.00. The Kier molecular flexibility index (Phi) is 7.61. The van der Waals surface area contributed by atoms with Crippen LogP contribution in [0, 0.1) is 11.3 Å². The topological polar surface area (TPSA) is 74.8 Å². The molecule has 0 aliphatic rings. The maximum absolute atomic E-state index is 12.3. The van der Waals surface area contributed by atoms with Gasteiger partial charge in [-0.3, -0.25) is 29.0 Å². The van der Waals surface area contributed by atoms with Crippen LogP contribution in [0.15, 0.2) is 0 Å². The molecular weight excluding hydrogens is 296 g/mol. The van der Waals surface area contributed by atoms with Crippen molar-refractivity contribution in [1.29, 1.82) is 0 Å². The van der Waals surface area contributed by atoms with Crippen molar-refractivity contribution in [1.82, 2.24) is 9.80 Å². The summed E-state index contributed by atoms with van der Waals surface area (Å²) in [6, 6.07) is -0.232. The molecule has 1 unspecified atom stereocenters. The minimum atomic E-state index is -0.661. The first-order valence-corrected chi connectivity index (χ1v) is 7.94. The largest absolute Gasteiger partial charge is 0.285 e. The van der Waals surface area contributed by atoms with E-state index in [9.17, 15) is 19.2 Å². The van der Waals surface area contributed by atoms with Gasteiger partial charge in [0.15, 0.2) is 0 Å². The lowest BCUT2D eigenvalue weighted by atomic mass is 9.95. The van der Waals surface area contributed by atoms with Crippen LogP contribution in [0.1, 0.15) is 61.3 Å². The Morgan fingerprint density at radius 1 is 0.913 bits per heavy atom. The average Bonchev–Trinajstić information content (AvgIpc) is 2.41. The third-order valence-corrected chi connectivity index (χ3v) is 3.85. The summed E-state index contributed by atoms with van der Waals surface area (Å²) in [5, 5.41) is 0. The normalized spacial score (nSPS) is 12.7. The van der Waals surface area contributed by atoms with Gasteiger partial charge in [0.05, 0.1) is 0 Å². The summed E-state index contributed by atoms with van der Waals surface area (Å²) in [7, 11) is 1.42. The molecule has 0 heterocycles. The van der Waals surface area contributed by atoms with Crippen LogP contribution in [-0.2, 0) is 19.2 Å². The second-order valence-corrected chi connectivity index (χ2v) is 7.28. The van der Waals surface area contributed by atoms with Crippen LogP contribution < -0.4 is 0 Å².